The molecular formula is C37H36N2O4. The molecule has 0 radical (unpaired) electrons. The minimum Gasteiger partial charge on any atom is -0.494 e. The highest BCUT2D eigenvalue weighted by molar-refractivity contribution is 5.93. The van der Waals surface area contributed by atoms with E-state index in [2.05, 4.69) is 54.6 Å². The van der Waals surface area contributed by atoms with E-state index in [1.54, 1.807) is 18.2 Å². The molecule has 43 heavy (non-hydrogen) atoms. The number of amides is 1. The lowest BCUT2D eigenvalue weighted by Crippen LogP contribution is -2.34. The first kappa shape index (κ1) is 29.5. The summed E-state index contributed by atoms with van der Waals surface area (Å²) in [6.45, 7) is 0.462. The highest BCUT2D eigenvalue weighted by atomic mass is 16.5. The molecule has 0 fully saturated rings. The second kappa shape index (κ2) is 13.8. The number of esters is 1. The molecule has 2 unspecified atom stereocenters. The molecule has 4 aromatic carbocycles. The van der Waals surface area contributed by atoms with Crippen molar-refractivity contribution >= 4 is 18.1 Å². The maximum Gasteiger partial charge on any atom is 0.337 e. The van der Waals surface area contributed by atoms with Crippen molar-refractivity contribution in [2.75, 3.05) is 13.7 Å². The molecule has 5 rings (SSSR count). The van der Waals surface area contributed by atoms with Gasteiger partial charge in [-0.25, -0.2) is 4.79 Å². The molecule has 2 atom stereocenters. The summed E-state index contributed by atoms with van der Waals surface area (Å²) in [6, 6.07) is 35.7. The molecule has 0 aliphatic carbocycles. The number of primary amides is 1. The molecule has 218 valence electrons. The molecular weight excluding hydrogens is 536 g/mol. The van der Waals surface area contributed by atoms with Gasteiger partial charge in [0.05, 0.1) is 24.8 Å². The van der Waals surface area contributed by atoms with Crippen molar-refractivity contribution in [3.05, 3.63) is 149 Å². The fraction of sp³-hybridized carbons (Fsp3) is 0.216. The van der Waals surface area contributed by atoms with Crippen LogP contribution in [0.15, 0.2) is 126 Å². The molecule has 4 aromatic rings. The quantitative estimate of drug-likeness (QED) is 0.136. The Morgan fingerprint density at radius 2 is 1.49 bits per heavy atom. The van der Waals surface area contributed by atoms with E-state index in [9.17, 15) is 9.59 Å². The Kier molecular flexibility index (Phi) is 9.47. The first-order chi connectivity index (χ1) is 21.0. The summed E-state index contributed by atoms with van der Waals surface area (Å²) in [4.78, 5) is 28.9. The monoisotopic (exact) mass is 572 g/mol. The molecule has 0 spiro atoms. The topological polar surface area (TPSA) is 91.0 Å². The molecule has 1 heterocycles. The van der Waals surface area contributed by atoms with Gasteiger partial charge in [0.2, 0.25) is 5.91 Å². The molecule has 2 N–H and O–H groups in total. The van der Waals surface area contributed by atoms with Gasteiger partial charge in [0.15, 0.2) is 0 Å². The third kappa shape index (κ3) is 7.09. The summed E-state index contributed by atoms with van der Waals surface area (Å²) in [5.74, 6) is -0.120. The lowest BCUT2D eigenvalue weighted by molar-refractivity contribution is 0.0600. The average molecular weight is 573 g/mol. The number of methoxy groups -OCH3 is 1. The summed E-state index contributed by atoms with van der Waals surface area (Å²) in [7, 11) is 1.39. The second-order valence-corrected chi connectivity index (χ2v) is 10.8. The van der Waals surface area contributed by atoms with E-state index in [4.69, 9.17) is 20.2 Å². The van der Waals surface area contributed by atoms with Crippen LogP contribution in [0.25, 0.3) is 0 Å². The minimum absolute atomic E-state index is 0.00433. The van der Waals surface area contributed by atoms with E-state index in [1.165, 1.54) is 18.2 Å². The lowest BCUT2D eigenvalue weighted by atomic mass is 9.70. The zero-order valence-corrected chi connectivity index (χ0v) is 24.3. The Morgan fingerprint density at radius 1 is 0.814 bits per heavy atom. The third-order valence-corrected chi connectivity index (χ3v) is 8.08. The van der Waals surface area contributed by atoms with Crippen molar-refractivity contribution in [1.29, 1.82) is 0 Å². The Bertz CT molecular complexity index is 1530. The number of carbonyl (C=O) groups is 2. The van der Waals surface area contributed by atoms with Gasteiger partial charge in [0.1, 0.15) is 5.75 Å². The SMILES string of the molecule is COC(=O)c1ccc(C(CCCOc2cccc(C(N)=O)c2)C2(CC(c3ccccc3)c3ccccc3)C=CC=N2)cc1. The number of allylic oxidation sites excluding steroid dienone is 1. The number of benzene rings is 4. The number of ether oxygens (including phenoxy) is 2. The zero-order chi connectivity index (χ0) is 30.1. The zero-order valence-electron chi connectivity index (χ0n) is 24.3. The van der Waals surface area contributed by atoms with E-state index in [0.29, 0.717) is 23.5 Å². The van der Waals surface area contributed by atoms with Crippen LogP contribution in [0.2, 0.25) is 0 Å². The van der Waals surface area contributed by atoms with Crippen LogP contribution in [0, 0.1) is 0 Å². The molecule has 0 bridgehead atoms. The molecule has 6 nitrogen and oxygen atoms in total. The largest absolute Gasteiger partial charge is 0.494 e. The molecule has 1 aliphatic heterocycles. The van der Waals surface area contributed by atoms with Gasteiger partial charge in [-0.1, -0.05) is 84.9 Å². The van der Waals surface area contributed by atoms with Crippen LogP contribution in [-0.4, -0.2) is 37.3 Å². The summed E-state index contributed by atoms with van der Waals surface area (Å²) in [6.07, 6.45) is 8.45. The molecule has 1 amide bonds. The van der Waals surface area contributed by atoms with Gasteiger partial charge in [-0.05, 0) is 72.4 Å². The standard InChI is InChI=1S/C37H36N2O4/c1-42-36(41)30-20-18-29(19-21-30)34(17-9-24-43-32-16-8-15-31(25-32)35(38)40)37(22-10-23-39-37)26-33(27-11-4-2-5-12-27)28-13-6-3-7-14-28/h2-8,10-16,18-23,25,33-34H,9,17,24,26H2,1H3,(H2,38,40). The summed E-state index contributed by atoms with van der Waals surface area (Å²) in [5, 5.41) is 0. The van der Waals surface area contributed by atoms with E-state index >= 15 is 0 Å². The van der Waals surface area contributed by atoms with Crippen molar-refractivity contribution in [3.8, 4) is 5.75 Å². The minimum atomic E-state index is -0.519. The average Bonchev–Trinajstić information content (AvgIpc) is 3.53. The van der Waals surface area contributed by atoms with E-state index in [-0.39, 0.29) is 17.8 Å². The van der Waals surface area contributed by atoms with Crippen LogP contribution in [0.5, 0.6) is 5.75 Å². The van der Waals surface area contributed by atoms with E-state index < -0.39 is 11.4 Å². The fourth-order valence-electron chi connectivity index (χ4n) is 5.92. The number of nitrogens with zero attached hydrogens (tertiary/aromatic N) is 1. The molecule has 0 saturated heterocycles. The van der Waals surface area contributed by atoms with Crippen molar-refractivity contribution in [2.45, 2.75) is 36.6 Å². The predicted octanol–water partition coefficient (Wildman–Crippen LogP) is 7.12. The smallest absolute Gasteiger partial charge is 0.337 e. The summed E-state index contributed by atoms with van der Waals surface area (Å²) < 4.78 is 11.0. The third-order valence-electron chi connectivity index (χ3n) is 8.08. The second-order valence-electron chi connectivity index (χ2n) is 10.8. The highest BCUT2D eigenvalue weighted by Crippen LogP contribution is 2.46. The van der Waals surface area contributed by atoms with Crippen molar-refractivity contribution in [1.82, 2.24) is 0 Å². The first-order valence-corrected chi connectivity index (χ1v) is 14.5. The number of hydrogen-bond acceptors (Lipinski definition) is 5. The van der Waals surface area contributed by atoms with E-state index in [0.717, 1.165) is 24.8 Å². The maximum absolute atomic E-state index is 12.2. The van der Waals surface area contributed by atoms with Crippen LogP contribution in [0.1, 0.15) is 68.5 Å². The number of aliphatic imine (C=N–C) groups is 1. The van der Waals surface area contributed by atoms with Gasteiger partial charge >= 0.3 is 5.97 Å². The number of rotatable bonds is 13. The summed E-state index contributed by atoms with van der Waals surface area (Å²) in [5.41, 5.74) is 9.41. The number of nitrogens with two attached hydrogens (primary N) is 1. The molecule has 0 saturated carbocycles. The maximum atomic E-state index is 12.2. The van der Waals surface area contributed by atoms with Gasteiger partial charge in [-0.2, -0.15) is 0 Å². The van der Waals surface area contributed by atoms with Crippen LogP contribution >= 0.6 is 0 Å². The Hall–Kier alpha value is -4.97. The Balaban J connectivity index is 1.45. The van der Waals surface area contributed by atoms with Crippen molar-refractivity contribution in [3.63, 3.8) is 0 Å². The van der Waals surface area contributed by atoms with Gasteiger partial charge in [-0.3, -0.25) is 9.79 Å². The molecule has 6 heteroatoms. The first-order valence-electron chi connectivity index (χ1n) is 14.5. The van der Waals surface area contributed by atoms with Gasteiger partial charge in [0.25, 0.3) is 0 Å². The van der Waals surface area contributed by atoms with Gasteiger partial charge < -0.3 is 15.2 Å². The van der Waals surface area contributed by atoms with E-state index in [1.807, 2.05) is 54.8 Å². The number of carbonyl (C=O) groups excluding carboxylic acids is 2. The van der Waals surface area contributed by atoms with Crippen LogP contribution < -0.4 is 10.5 Å². The van der Waals surface area contributed by atoms with Crippen LogP contribution in [-0.2, 0) is 4.74 Å². The Morgan fingerprint density at radius 3 is 2.07 bits per heavy atom. The van der Waals surface area contributed by atoms with Gasteiger partial charge in [0, 0.05) is 23.6 Å². The fourth-order valence-corrected chi connectivity index (χ4v) is 5.92. The van der Waals surface area contributed by atoms with Crippen molar-refractivity contribution in [2.24, 2.45) is 10.7 Å². The molecule has 0 aromatic heterocycles. The number of hydrogen-bond donors (Lipinski definition) is 1. The lowest BCUT2D eigenvalue weighted by Gasteiger charge is -2.37. The summed E-state index contributed by atoms with van der Waals surface area (Å²) >= 11 is 0. The van der Waals surface area contributed by atoms with Crippen molar-refractivity contribution < 1.29 is 19.1 Å². The molecule has 1 aliphatic rings. The predicted molar refractivity (Wildman–Crippen MR) is 170 cm³/mol. The Labute approximate surface area is 252 Å². The highest BCUT2D eigenvalue weighted by Gasteiger charge is 2.40. The van der Waals surface area contributed by atoms with Crippen LogP contribution in [0.3, 0.4) is 0 Å². The van der Waals surface area contributed by atoms with Gasteiger partial charge in [-0.15, -0.1) is 0 Å². The van der Waals surface area contributed by atoms with Crippen LogP contribution in [0.4, 0.5) is 0 Å². The normalized spacial score (nSPS) is 16.2.